The van der Waals surface area contributed by atoms with Gasteiger partial charge >= 0.3 is 0 Å². The van der Waals surface area contributed by atoms with Gasteiger partial charge in [-0.15, -0.1) is 0 Å². The summed E-state index contributed by atoms with van der Waals surface area (Å²) in [5.74, 6) is 0.495. The highest BCUT2D eigenvalue weighted by Gasteiger charge is 2.32. The van der Waals surface area contributed by atoms with E-state index in [0.717, 1.165) is 18.4 Å². The van der Waals surface area contributed by atoms with Crippen LogP contribution in [0.15, 0.2) is 30.3 Å². The molecule has 1 aliphatic rings. The standard InChI is InChI=1S/C13H13NO/c14-9-12(10-6-7-10)8-13(15)11-4-2-1-3-5-11/h1-5,10,12H,6-8H2. The summed E-state index contributed by atoms with van der Waals surface area (Å²) < 4.78 is 0. The van der Waals surface area contributed by atoms with E-state index in [2.05, 4.69) is 6.07 Å². The molecule has 1 saturated carbocycles. The van der Waals surface area contributed by atoms with E-state index in [4.69, 9.17) is 5.26 Å². The molecule has 2 heteroatoms. The van der Waals surface area contributed by atoms with Crippen molar-refractivity contribution in [3.05, 3.63) is 35.9 Å². The predicted octanol–water partition coefficient (Wildman–Crippen LogP) is 2.81. The Labute approximate surface area is 89.5 Å². The van der Waals surface area contributed by atoms with E-state index in [1.807, 2.05) is 30.3 Å². The van der Waals surface area contributed by atoms with Crippen LogP contribution in [0.3, 0.4) is 0 Å². The molecule has 1 atom stereocenters. The zero-order valence-electron chi connectivity index (χ0n) is 8.52. The fourth-order valence-corrected chi connectivity index (χ4v) is 1.76. The monoisotopic (exact) mass is 199 g/mol. The van der Waals surface area contributed by atoms with E-state index in [-0.39, 0.29) is 11.7 Å². The number of benzene rings is 1. The van der Waals surface area contributed by atoms with Crippen molar-refractivity contribution in [2.75, 3.05) is 0 Å². The van der Waals surface area contributed by atoms with Crippen LogP contribution in [-0.2, 0) is 0 Å². The summed E-state index contributed by atoms with van der Waals surface area (Å²) in [6, 6.07) is 11.5. The molecule has 0 saturated heterocycles. The number of Topliss-reactive ketones (excluding diaryl/α,β-unsaturated/α-hetero) is 1. The minimum absolute atomic E-state index is 0.0716. The Bertz CT molecular complexity index is 387. The van der Waals surface area contributed by atoms with E-state index in [1.54, 1.807) is 0 Å². The third kappa shape index (κ3) is 2.44. The fraction of sp³-hybridized carbons (Fsp3) is 0.385. The maximum atomic E-state index is 11.8. The molecule has 1 aliphatic carbocycles. The van der Waals surface area contributed by atoms with Crippen molar-refractivity contribution in [2.24, 2.45) is 11.8 Å². The number of carbonyl (C=O) groups is 1. The molecular weight excluding hydrogens is 186 g/mol. The van der Waals surface area contributed by atoms with E-state index in [0.29, 0.717) is 12.3 Å². The van der Waals surface area contributed by atoms with Gasteiger partial charge in [0.05, 0.1) is 12.0 Å². The Kier molecular flexibility index (Phi) is 2.82. The van der Waals surface area contributed by atoms with Gasteiger partial charge in [-0.1, -0.05) is 30.3 Å². The summed E-state index contributed by atoms with van der Waals surface area (Å²) in [6.07, 6.45) is 2.60. The summed E-state index contributed by atoms with van der Waals surface area (Å²) in [5.41, 5.74) is 0.721. The highest BCUT2D eigenvalue weighted by Crippen LogP contribution is 2.38. The lowest BCUT2D eigenvalue weighted by atomic mass is 9.95. The highest BCUT2D eigenvalue weighted by atomic mass is 16.1. The smallest absolute Gasteiger partial charge is 0.164 e. The topological polar surface area (TPSA) is 40.9 Å². The lowest BCUT2D eigenvalue weighted by Crippen LogP contribution is -2.08. The SMILES string of the molecule is N#CC(CC(=O)c1ccccc1)C1CC1. The number of carbonyl (C=O) groups excluding carboxylic acids is 1. The van der Waals surface area contributed by atoms with Crippen LogP contribution in [-0.4, -0.2) is 5.78 Å². The molecule has 0 heterocycles. The van der Waals surface area contributed by atoms with Gasteiger partial charge in [0.25, 0.3) is 0 Å². The van der Waals surface area contributed by atoms with Crippen molar-refractivity contribution in [3.63, 3.8) is 0 Å². The van der Waals surface area contributed by atoms with Gasteiger partial charge in [0, 0.05) is 12.0 Å². The Morgan fingerprint density at radius 2 is 2.07 bits per heavy atom. The van der Waals surface area contributed by atoms with Gasteiger partial charge in [-0.3, -0.25) is 4.79 Å². The molecule has 1 aromatic carbocycles. The molecule has 2 rings (SSSR count). The van der Waals surface area contributed by atoms with Crippen molar-refractivity contribution in [2.45, 2.75) is 19.3 Å². The second kappa shape index (κ2) is 4.27. The second-order valence-corrected chi connectivity index (χ2v) is 4.07. The van der Waals surface area contributed by atoms with Gasteiger partial charge in [0.2, 0.25) is 0 Å². The van der Waals surface area contributed by atoms with E-state index >= 15 is 0 Å². The van der Waals surface area contributed by atoms with E-state index in [1.165, 1.54) is 0 Å². The summed E-state index contributed by atoms with van der Waals surface area (Å²) >= 11 is 0. The van der Waals surface area contributed by atoms with Gasteiger partial charge in [-0.05, 0) is 18.8 Å². The maximum absolute atomic E-state index is 11.8. The number of ketones is 1. The Balaban J connectivity index is 2.00. The van der Waals surface area contributed by atoms with Crippen molar-refractivity contribution in [1.82, 2.24) is 0 Å². The molecular formula is C13H13NO. The molecule has 1 unspecified atom stereocenters. The Hall–Kier alpha value is -1.62. The van der Waals surface area contributed by atoms with Crippen LogP contribution >= 0.6 is 0 Å². The summed E-state index contributed by atoms with van der Waals surface area (Å²) in [7, 11) is 0. The molecule has 0 spiro atoms. The van der Waals surface area contributed by atoms with Crippen LogP contribution in [0.25, 0.3) is 0 Å². The van der Waals surface area contributed by atoms with Crippen molar-refractivity contribution in [3.8, 4) is 6.07 Å². The molecule has 0 N–H and O–H groups in total. The lowest BCUT2D eigenvalue weighted by molar-refractivity contribution is 0.0966. The van der Waals surface area contributed by atoms with Crippen LogP contribution < -0.4 is 0 Å². The van der Waals surface area contributed by atoms with Crippen LogP contribution in [0.5, 0.6) is 0 Å². The molecule has 2 nitrogen and oxygen atoms in total. The highest BCUT2D eigenvalue weighted by molar-refractivity contribution is 5.96. The first-order chi connectivity index (χ1) is 7.31. The summed E-state index contributed by atoms with van der Waals surface area (Å²) in [5, 5.41) is 8.93. The Morgan fingerprint density at radius 1 is 1.40 bits per heavy atom. The molecule has 0 amide bonds. The maximum Gasteiger partial charge on any atom is 0.164 e. The van der Waals surface area contributed by atoms with Gasteiger partial charge in [-0.2, -0.15) is 5.26 Å². The van der Waals surface area contributed by atoms with Gasteiger partial charge < -0.3 is 0 Å². The average molecular weight is 199 g/mol. The number of hydrogen-bond donors (Lipinski definition) is 0. The molecule has 1 fully saturated rings. The predicted molar refractivity (Wildman–Crippen MR) is 57.2 cm³/mol. The lowest BCUT2D eigenvalue weighted by Gasteiger charge is -2.05. The largest absolute Gasteiger partial charge is 0.294 e. The van der Waals surface area contributed by atoms with Crippen molar-refractivity contribution in [1.29, 1.82) is 5.26 Å². The normalized spacial score (nSPS) is 16.7. The first-order valence-corrected chi connectivity index (χ1v) is 5.29. The van der Waals surface area contributed by atoms with E-state index < -0.39 is 0 Å². The van der Waals surface area contributed by atoms with Gasteiger partial charge in [-0.25, -0.2) is 0 Å². The van der Waals surface area contributed by atoms with Gasteiger partial charge in [0.1, 0.15) is 0 Å². The van der Waals surface area contributed by atoms with E-state index in [9.17, 15) is 4.79 Å². The molecule has 0 aliphatic heterocycles. The van der Waals surface area contributed by atoms with Crippen molar-refractivity contribution >= 4 is 5.78 Å². The zero-order valence-corrected chi connectivity index (χ0v) is 8.52. The van der Waals surface area contributed by atoms with Crippen LogP contribution in [0.4, 0.5) is 0 Å². The molecule has 0 bridgehead atoms. The third-order valence-electron chi connectivity index (χ3n) is 2.86. The minimum Gasteiger partial charge on any atom is -0.294 e. The van der Waals surface area contributed by atoms with Crippen molar-refractivity contribution < 1.29 is 4.79 Å². The molecule has 0 aromatic heterocycles. The third-order valence-corrected chi connectivity index (χ3v) is 2.86. The quantitative estimate of drug-likeness (QED) is 0.699. The number of nitrogens with zero attached hydrogens (tertiary/aromatic N) is 1. The second-order valence-electron chi connectivity index (χ2n) is 4.07. The molecule has 15 heavy (non-hydrogen) atoms. The number of rotatable bonds is 4. The fourth-order valence-electron chi connectivity index (χ4n) is 1.76. The minimum atomic E-state index is -0.0716. The Morgan fingerprint density at radius 3 is 2.60 bits per heavy atom. The molecule has 76 valence electrons. The first kappa shape index (κ1) is 9.92. The van der Waals surface area contributed by atoms with Gasteiger partial charge in [0.15, 0.2) is 5.78 Å². The summed E-state index contributed by atoms with van der Waals surface area (Å²) in [4.78, 5) is 11.8. The summed E-state index contributed by atoms with van der Waals surface area (Å²) in [6.45, 7) is 0. The number of nitriles is 1. The average Bonchev–Trinajstić information content (AvgIpc) is 3.10. The molecule has 1 aromatic rings. The molecule has 0 radical (unpaired) electrons. The first-order valence-electron chi connectivity index (χ1n) is 5.29. The van der Waals surface area contributed by atoms with Crippen LogP contribution in [0, 0.1) is 23.2 Å². The van der Waals surface area contributed by atoms with Crippen LogP contribution in [0.1, 0.15) is 29.6 Å². The zero-order chi connectivity index (χ0) is 10.7. The van der Waals surface area contributed by atoms with Crippen LogP contribution in [0.2, 0.25) is 0 Å². The number of hydrogen-bond acceptors (Lipinski definition) is 2.